The zero-order valence-corrected chi connectivity index (χ0v) is 11.5. The lowest BCUT2D eigenvalue weighted by molar-refractivity contribution is -0.153. The van der Waals surface area contributed by atoms with Crippen molar-refractivity contribution in [2.45, 2.75) is 12.6 Å². The Bertz CT molecular complexity index is 595. The maximum atomic E-state index is 11.7. The third-order valence-electron chi connectivity index (χ3n) is 3.25. The highest BCUT2D eigenvalue weighted by molar-refractivity contribution is 5.75. The van der Waals surface area contributed by atoms with Gasteiger partial charge in [0.15, 0.2) is 5.76 Å². The van der Waals surface area contributed by atoms with Gasteiger partial charge in [0.2, 0.25) is 5.89 Å². The first-order chi connectivity index (χ1) is 10.3. The molecule has 0 N–H and O–H groups in total. The number of carbonyl (C=O) groups excluding carboxylic acids is 1. The summed E-state index contributed by atoms with van der Waals surface area (Å²) in [6.07, 6.45) is 1.54. The van der Waals surface area contributed by atoms with Crippen LogP contribution in [0.3, 0.4) is 0 Å². The third kappa shape index (κ3) is 2.96. The molecule has 8 heteroatoms. The number of hydrogen-bond acceptors (Lipinski definition) is 8. The molecule has 3 rings (SSSR count). The van der Waals surface area contributed by atoms with Crippen LogP contribution in [0.1, 0.15) is 5.89 Å². The molecule has 1 aliphatic heterocycles. The van der Waals surface area contributed by atoms with Crippen molar-refractivity contribution in [1.29, 1.82) is 0 Å². The molecule has 1 saturated heterocycles. The van der Waals surface area contributed by atoms with Gasteiger partial charge in [0.25, 0.3) is 5.89 Å². The van der Waals surface area contributed by atoms with Crippen LogP contribution in [-0.4, -0.2) is 54.0 Å². The summed E-state index contributed by atoms with van der Waals surface area (Å²) in [6, 6.07) is 3.03. The van der Waals surface area contributed by atoms with E-state index in [0.29, 0.717) is 43.8 Å². The number of nitrogens with zero attached hydrogens (tertiary/aromatic N) is 3. The highest BCUT2D eigenvalue weighted by atomic mass is 16.5. The SMILES string of the molecule is COC(=O)C1COCCN1Cc1nnc(-c2ccco2)o1. The zero-order valence-electron chi connectivity index (χ0n) is 11.5. The van der Waals surface area contributed by atoms with Gasteiger partial charge in [-0.05, 0) is 12.1 Å². The predicted molar refractivity (Wildman–Crippen MR) is 69.0 cm³/mol. The van der Waals surface area contributed by atoms with E-state index < -0.39 is 6.04 Å². The van der Waals surface area contributed by atoms with E-state index in [1.807, 2.05) is 4.90 Å². The molecule has 2 aromatic heterocycles. The van der Waals surface area contributed by atoms with Crippen LogP contribution in [-0.2, 0) is 20.8 Å². The molecule has 0 bridgehead atoms. The van der Waals surface area contributed by atoms with Crippen LogP contribution in [0.4, 0.5) is 0 Å². The smallest absolute Gasteiger partial charge is 0.325 e. The van der Waals surface area contributed by atoms with Gasteiger partial charge in [-0.15, -0.1) is 10.2 Å². The van der Waals surface area contributed by atoms with Crippen molar-refractivity contribution in [2.75, 3.05) is 26.9 Å². The van der Waals surface area contributed by atoms with Crippen LogP contribution in [0.15, 0.2) is 27.2 Å². The highest BCUT2D eigenvalue weighted by Gasteiger charge is 2.31. The van der Waals surface area contributed by atoms with Gasteiger partial charge in [0.1, 0.15) is 6.04 Å². The molecule has 0 amide bonds. The molecule has 1 aliphatic rings. The number of rotatable bonds is 4. The predicted octanol–water partition coefficient (Wildman–Crippen LogP) is 0.703. The Kier molecular flexibility index (Phi) is 3.98. The number of furan rings is 1. The molecule has 8 nitrogen and oxygen atoms in total. The number of aromatic nitrogens is 2. The molecule has 3 heterocycles. The van der Waals surface area contributed by atoms with Crippen molar-refractivity contribution in [3.8, 4) is 11.7 Å². The summed E-state index contributed by atoms with van der Waals surface area (Å²) in [5, 5.41) is 7.90. The van der Waals surface area contributed by atoms with E-state index in [9.17, 15) is 4.79 Å². The highest BCUT2D eigenvalue weighted by Crippen LogP contribution is 2.19. The van der Waals surface area contributed by atoms with Crippen LogP contribution in [0, 0.1) is 0 Å². The molecule has 21 heavy (non-hydrogen) atoms. The summed E-state index contributed by atoms with van der Waals surface area (Å²) >= 11 is 0. The van der Waals surface area contributed by atoms with E-state index in [4.69, 9.17) is 18.3 Å². The van der Waals surface area contributed by atoms with Crippen LogP contribution >= 0.6 is 0 Å². The minimum atomic E-state index is -0.456. The van der Waals surface area contributed by atoms with Crippen molar-refractivity contribution >= 4 is 5.97 Å². The van der Waals surface area contributed by atoms with Gasteiger partial charge in [0, 0.05) is 6.54 Å². The second kappa shape index (κ2) is 6.06. The molecule has 0 aliphatic carbocycles. The number of ether oxygens (including phenoxy) is 2. The minimum Gasteiger partial charge on any atom is -0.468 e. The van der Waals surface area contributed by atoms with Crippen LogP contribution < -0.4 is 0 Å². The van der Waals surface area contributed by atoms with E-state index >= 15 is 0 Å². The second-order valence-electron chi connectivity index (χ2n) is 4.56. The van der Waals surface area contributed by atoms with E-state index in [1.54, 1.807) is 12.1 Å². The summed E-state index contributed by atoms with van der Waals surface area (Å²) in [7, 11) is 1.36. The molecule has 2 aromatic rings. The van der Waals surface area contributed by atoms with Gasteiger partial charge in [-0.3, -0.25) is 9.69 Å². The lowest BCUT2D eigenvalue weighted by Gasteiger charge is -2.32. The topological polar surface area (TPSA) is 90.8 Å². The normalized spacial score (nSPS) is 19.6. The van der Waals surface area contributed by atoms with E-state index in [1.165, 1.54) is 13.4 Å². The van der Waals surface area contributed by atoms with E-state index in [0.717, 1.165) is 0 Å². The molecule has 1 unspecified atom stereocenters. The monoisotopic (exact) mass is 293 g/mol. The Morgan fingerprint density at radius 1 is 1.52 bits per heavy atom. The van der Waals surface area contributed by atoms with Gasteiger partial charge in [-0.25, -0.2) is 0 Å². The van der Waals surface area contributed by atoms with Gasteiger partial charge >= 0.3 is 5.97 Å². The molecule has 0 aromatic carbocycles. The maximum absolute atomic E-state index is 11.7. The lowest BCUT2D eigenvalue weighted by Crippen LogP contribution is -2.49. The number of morpholine rings is 1. The van der Waals surface area contributed by atoms with Crippen LogP contribution in [0.25, 0.3) is 11.7 Å². The molecule has 1 atom stereocenters. The summed E-state index contributed by atoms with van der Waals surface area (Å²) < 4.78 is 20.8. The van der Waals surface area contributed by atoms with Crippen molar-refractivity contribution < 1.29 is 23.1 Å². The number of hydrogen-bond donors (Lipinski definition) is 0. The van der Waals surface area contributed by atoms with Gasteiger partial charge in [-0.2, -0.15) is 0 Å². The first-order valence-electron chi connectivity index (χ1n) is 6.54. The standard InChI is InChI=1S/C13H15N3O5/c1-18-13(17)9-8-19-6-4-16(9)7-11-14-15-12(21-11)10-3-2-5-20-10/h2-3,5,9H,4,6-8H2,1H3. The molecule has 0 radical (unpaired) electrons. The largest absolute Gasteiger partial charge is 0.468 e. The van der Waals surface area contributed by atoms with Crippen molar-refractivity contribution in [1.82, 2.24) is 15.1 Å². The number of esters is 1. The average molecular weight is 293 g/mol. The van der Waals surface area contributed by atoms with Crippen molar-refractivity contribution in [2.24, 2.45) is 0 Å². The third-order valence-corrected chi connectivity index (χ3v) is 3.25. The Morgan fingerprint density at radius 2 is 2.43 bits per heavy atom. The lowest BCUT2D eigenvalue weighted by atomic mass is 10.2. The van der Waals surface area contributed by atoms with E-state index in [-0.39, 0.29) is 5.97 Å². The van der Waals surface area contributed by atoms with E-state index in [2.05, 4.69) is 10.2 Å². The summed E-state index contributed by atoms with van der Waals surface area (Å²) in [5.41, 5.74) is 0. The maximum Gasteiger partial charge on any atom is 0.325 e. The van der Waals surface area contributed by atoms with Crippen LogP contribution in [0.2, 0.25) is 0 Å². The molecule has 0 saturated carbocycles. The van der Waals surface area contributed by atoms with Gasteiger partial charge in [-0.1, -0.05) is 0 Å². The molecule has 1 fully saturated rings. The zero-order chi connectivity index (χ0) is 14.7. The fraction of sp³-hybridized carbons (Fsp3) is 0.462. The quantitative estimate of drug-likeness (QED) is 0.761. The molecular formula is C13H15N3O5. The van der Waals surface area contributed by atoms with Crippen LogP contribution in [0.5, 0.6) is 0 Å². The van der Waals surface area contributed by atoms with Crippen molar-refractivity contribution in [3.63, 3.8) is 0 Å². The molecule has 112 valence electrons. The van der Waals surface area contributed by atoms with Gasteiger partial charge in [0.05, 0.1) is 33.1 Å². The second-order valence-corrected chi connectivity index (χ2v) is 4.56. The molecule has 0 spiro atoms. The Labute approximate surface area is 120 Å². The summed E-state index contributed by atoms with van der Waals surface area (Å²) in [6.45, 7) is 1.80. The Hall–Kier alpha value is -2.19. The molecular weight excluding hydrogens is 278 g/mol. The number of carbonyl (C=O) groups is 1. The van der Waals surface area contributed by atoms with Gasteiger partial charge < -0.3 is 18.3 Å². The summed E-state index contributed by atoms with van der Waals surface area (Å²) in [4.78, 5) is 13.6. The van der Waals surface area contributed by atoms with Crippen molar-refractivity contribution in [3.05, 3.63) is 24.3 Å². The number of methoxy groups -OCH3 is 1. The first kappa shape index (κ1) is 13.8. The average Bonchev–Trinajstić information content (AvgIpc) is 3.18. The Balaban J connectivity index is 1.71. The first-order valence-corrected chi connectivity index (χ1v) is 6.54. The minimum absolute atomic E-state index is 0.297. The summed E-state index contributed by atoms with van der Waals surface area (Å²) in [5.74, 6) is 0.913. The fourth-order valence-electron chi connectivity index (χ4n) is 2.17. The fourth-order valence-corrected chi connectivity index (χ4v) is 2.17. The Morgan fingerprint density at radius 3 is 3.19 bits per heavy atom.